The number of nitrogens with zero attached hydrogens (tertiary/aromatic N) is 2. The molecule has 0 saturated heterocycles. The van der Waals surface area contributed by atoms with Gasteiger partial charge in [-0.25, -0.2) is 10.1 Å². The van der Waals surface area contributed by atoms with Gasteiger partial charge >= 0.3 is 0 Å². The molecule has 0 radical (unpaired) electrons. The fraction of sp³-hybridized carbons (Fsp3) is 0.382. The third-order valence-electron chi connectivity index (χ3n) is 20.5. The Bertz CT molecular complexity index is 4180. The molecule has 0 atom stereocenters. The van der Waals surface area contributed by atoms with Gasteiger partial charge in [-0.3, -0.25) is 4.79 Å². The van der Waals surface area contributed by atoms with E-state index in [1.54, 1.807) is 11.3 Å². The summed E-state index contributed by atoms with van der Waals surface area (Å²) in [7, 11) is 0. The molecule has 0 bridgehead atoms. The lowest BCUT2D eigenvalue weighted by molar-refractivity contribution is 0.104. The number of unbranched alkanes of at least 4 members (excludes halogenated alkanes) is 20. The summed E-state index contributed by atoms with van der Waals surface area (Å²) in [6.45, 7) is 20.0. The minimum absolute atomic E-state index is 0.103. The van der Waals surface area contributed by atoms with Crippen molar-refractivity contribution >= 4 is 50.9 Å². The van der Waals surface area contributed by atoms with Gasteiger partial charge in [0.15, 0.2) is 5.78 Å². The first-order valence-corrected chi connectivity index (χ1v) is 38.7. The molecule has 3 aliphatic rings. The first-order chi connectivity index (χ1) is 48.3. The van der Waals surface area contributed by atoms with Crippen molar-refractivity contribution in [2.45, 2.75) is 193 Å². The van der Waals surface area contributed by atoms with E-state index < -0.39 is 10.8 Å². The second-order valence-corrected chi connectivity index (χ2v) is 29.1. The maximum absolute atomic E-state index is 15.2. The van der Waals surface area contributed by atoms with Crippen molar-refractivity contribution in [3.05, 3.63) is 245 Å². The first-order valence-electron chi connectivity index (χ1n) is 37.0. The molecule has 0 aliphatic heterocycles. The largest absolute Gasteiger partial charge is 0.494 e. The molecule has 3 aliphatic carbocycles. The normalized spacial score (nSPS) is 14.6. The summed E-state index contributed by atoms with van der Waals surface area (Å²) in [5, 5.41) is 14.8. The van der Waals surface area contributed by atoms with Crippen LogP contribution < -0.4 is 18.9 Å². The van der Waals surface area contributed by atoms with Crippen LogP contribution >= 0.6 is 22.7 Å². The summed E-state index contributed by atoms with van der Waals surface area (Å²) in [6, 6.07) is 59.3. The van der Waals surface area contributed by atoms with E-state index in [4.69, 9.17) is 25.5 Å². The van der Waals surface area contributed by atoms with E-state index >= 15 is 4.79 Å². The lowest BCUT2D eigenvalue weighted by atomic mass is 9.68. The fourth-order valence-electron chi connectivity index (χ4n) is 15.4. The molecule has 98 heavy (non-hydrogen) atoms. The average Bonchev–Trinajstić information content (AvgIpc) is 1.49. The Morgan fingerprint density at radius 3 is 1.21 bits per heavy atom. The zero-order chi connectivity index (χ0) is 67.7. The van der Waals surface area contributed by atoms with Crippen LogP contribution in [0.3, 0.4) is 0 Å². The van der Waals surface area contributed by atoms with E-state index in [2.05, 4.69) is 165 Å². The second-order valence-electron chi connectivity index (χ2n) is 27.1. The first kappa shape index (κ1) is 69.4. The van der Waals surface area contributed by atoms with Crippen molar-refractivity contribution in [3.8, 4) is 51.3 Å². The number of rotatable bonds is 37. The smallest absolute Gasteiger partial charge is 0.270 e. The molecule has 0 unspecified atom stereocenters. The second kappa shape index (κ2) is 33.4. The molecule has 504 valence electrons. The predicted molar refractivity (Wildman–Crippen MR) is 408 cm³/mol. The molecule has 9 heteroatoms. The van der Waals surface area contributed by atoms with Gasteiger partial charge in [-0.2, -0.15) is 0 Å². The SMILES string of the molecule is [C-]#[N+]/C(C#N)=C1/C(=C/c2cc3c(s2)C(c2ccc(OCCCCCCCC)cc2)(c2ccc(OCCCCCCCC)cc2)c2cc4c(cc2-3)C(c2ccc(OCCCCCCCC)cc2)(c2ccc(OCCCCCCCC)cc2)c2sccc2-4)C(=O)c2cc3ccccc3cc21. The van der Waals surface area contributed by atoms with Gasteiger partial charge in [0.2, 0.25) is 0 Å². The van der Waals surface area contributed by atoms with Gasteiger partial charge in [-0.05, 0) is 194 Å². The highest BCUT2D eigenvalue weighted by Crippen LogP contribution is 2.65. The van der Waals surface area contributed by atoms with Crippen LogP contribution in [0.25, 0.3) is 49.5 Å². The minimum atomic E-state index is -0.879. The zero-order valence-electron chi connectivity index (χ0n) is 58.2. The monoisotopic (exact) mass is 1340 g/mol. The molecule has 12 rings (SSSR count). The van der Waals surface area contributed by atoms with Crippen LogP contribution in [0.1, 0.15) is 246 Å². The third-order valence-corrected chi connectivity index (χ3v) is 22.7. The van der Waals surface area contributed by atoms with Crippen LogP contribution in [0.5, 0.6) is 23.0 Å². The van der Waals surface area contributed by atoms with Gasteiger partial charge in [0.05, 0.1) is 49.9 Å². The van der Waals surface area contributed by atoms with Crippen molar-refractivity contribution in [1.29, 1.82) is 5.26 Å². The van der Waals surface area contributed by atoms with Crippen molar-refractivity contribution in [3.63, 3.8) is 0 Å². The molecular formula is C89H96N2O5S2. The number of thiophene rings is 2. The predicted octanol–water partition coefficient (Wildman–Crippen LogP) is 25.1. The molecule has 0 fully saturated rings. The summed E-state index contributed by atoms with van der Waals surface area (Å²) in [4.78, 5) is 22.2. The summed E-state index contributed by atoms with van der Waals surface area (Å²) < 4.78 is 26.2. The molecule has 0 N–H and O–H groups in total. The molecular weight excluding hydrogens is 1240 g/mol. The summed E-state index contributed by atoms with van der Waals surface area (Å²) >= 11 is 3.49. The van der Waals surface area contributed by atoms with Crippen molar-refractivity contribution in [2.75, 3.05) is 26.4 Å². The quantitative estimate of drug-likeness (QED) is 0.0167. The highest BCUT2D eigenvalue weighted by atomic mass is 32.1. The minimum Gasteiger partial charge on any atom is -0.494 e. The Hall–Kier alpha value is -8.47. The number of allylic oxidation sites excluding steroid dienone is 3. The van der Waals surface area contributed by atoms with E-state index in [0.717, 1.165) is 115 Å². The maximum Gasteiger partial charge on any atom is 0.270 e. The van der Waals surface area contributed by atoms with Crippen LogP contribution in [0.2, 0.25) is 0 Å². The standard InChI is InChI=1S/C89H96N2O5S2/c1-6-10-14-18-22-28-51-93-69-42-34-65(35-43-69)88(66-36-44-70(45-37-66)94-52-29-23-19-15-11-7-2)81-61-76-79-58-73(59-80-84(83(62-90)91-5)77-56-63-32-26-27-33-64(63)57-78(77)85(80)92)98-87(79)89(82(76)60-75(81)74-50-55-97-86(74)88,67-38-46-71(47-39-67)95-53-30-24-20-16-12-8-3)68-40-48-72(49-41-68)96-54-31-25-21-17-13-9-4/h26-27,32-50,55-61H,6-25,28-31,51-54H2,1-4H3/b80-59-,84-83+. The Morgan fingerprint density at radius 1 is 0.439 bits per heavy atom. The maximum atomic E-state index is 15.2. The number of carbonyl (C=O) groups is 1. The molecule has 0 saturated carbocycles. The van der Waals surface area contributed by atoms with Gasteiger partial charge < -0.3 is 18.9 Å². The topological polar surface area (TPSA) is 82.1 Å². The average molecular weight is 1340 g/mol. The Labute approximate surface area is 591 Å². The van der Waals surface area contributed by atoms with E-state index in [9.17, 15) is 5.26 Å². The molecule has 2 heterocycles. The Kier molecular flexibility index (Phi) is 23.7. The highest BCUT2D eigenvalue weighted by molar-refractivity contribution is 7.14. The van der Waals surface area contributed by atoms with Crippen LogP contribution in [0.15, 0.2) is 174 Å². The number of fused-ring (bicyclic) bond motifs is 8. The van der Waals surface area contributed by atoms with Crippen LogP contribution in [-0.2, 0) is 10.8 Å². The molecule has 7 nitrogen and oxygen atoms in total. The lowest BCUT2D eigenvalue weighted by Gasteiger charge is -2.35. The number of Topliss-reactive ketones (excluding diaryl/α,β-unsaturated/α-hetero) is 1. The number of hydrogen-bond acceptors (Lipinski definition) is 8. The summed E-state index contributed by atoms with van der Waals surface area (Å²) in [5.41, 5.74) is 11.5. The number of ketones is 1. The number of carbonyl (C=O) groups excluding carboxylic acids is 1. The molecule has 7 aromatic carbocycles. The van der Waals surface area contributed by atoms with E-state index in [-0.39, 0.29) is 11.5 Å². The van der Waals surface area contributed by atoms with E-state index in [1.165, 1.54) is 143 Å². The number of nitriles is 1. The Balaban J connectivity index is 1.03. The van der Waals surface area contributed by atoms with Crippen LogP contribution in [0.4, 0.5) is 0 Å². The molecule has 2 aromatic heterocycles. The summed E-state index contributed by atoms with van der Waals surface area (Å²) in [6.07, 6.45) is 30.6. The van der Waals surface area contributed by atoms with Gasteiger partial charge in [-0.1, -0.05) is 229 Å². The molecule has 0 amide bonds. The lowest BCUT2D eigenvalue weighted by Crippen LogP contribution is -2.29. The van der Waals surface area contributed by atoms with Gasteiger partial charge in [0.25, 0.3) is 5.70 Å². The van der Waals surface area contributed by atoms with E-state index in [1.807, 2.05) is 53.8 Å². The van der Waals surface area contributed by atoms with Gasteiger partial charge in [0.1, 0.15) is 23.0 Å². The zero-order valence-corrected chi connectivity index (χ0v) is 59.8. The summed E-state index contributed by atoms with van der Waals surface area (Å²) in [5.74, 6) is 3.22. The van der Waals surface area contributed by atoms with Crippen molar-refractivity contribution in [2.24, 2.45) is 0 Å². The van der Waals surface area contributed by atoms with Gasteiger partial charge in [0, 0.05) is 31.3 Å². The number of benzene rings is 7. The van der Waals surface area contributed by atoms with E-state index in [0.29, 0.717) is 48.7 Å². The van der Waals surface area contributed by atoms with Crippen LogP contribution in [-0.4, -0.2) is 32.2 Å². The molecule has 9 aromatic rings. The number of ether oxygens (including phenoxy) is 4. The third kappa shape index (κ3) is 14.5. The van der Waals surface area contributed by atoms with Crippen molar-refractivity contribution in [1.82, 2.24) is 0 Å². The van der Waals surface area contributed by atoms with Crippen molar-refractivity contribution < 1.29 is 23.7 Å². The Morgan fingerprint density at radius 2 is 0.816 bits per heavy atom. The van der Waals surface area contributed by atoms with Gasteiger partial charge in [-0.15, -0.1) is 22.7 Å². The van der Waals surface area contributed by atoms with Crippen LogP contribution in [0, 0.1) is 17.9 Å². The highest BCUT2D eigenvalue weighted by Gasteiger charge is 2.53. The number of hydrogen-bond donors (Lipinski definition) is 0. The molecule has 0 spiro atoms. The fourth-order valence-corrected chi connectivity index (χ4v) is 17.9.